The van der Waals surface area contributed by atoms with Crippen molar-refractivity contribution in [2.75, 3.05) is 13.7 Å². The molecule has 1 aliphatic carbocycles. The van der Waals surface area contributed by atoms with Crippen LogP contribution in [0.4, 0.5) is 0 Å². The lowest BCUT2D eigenvalue weighted by atomic mass is 9.80. The summed E-state index contributed by atoms with van der Waals surface area (Å²) in [7, 11) is 1.82. The molecule has 17 heavy (non-hydrogen) atoms. The van der Waals surface area contributed by atoms with Crippen LogP contribution in [0.15, 0.2) is 11.6 Å². The van der Waals surface area contributed by atoms with Gasteiger partial charge >= 0.3 is 0 Å². The minimum atomic E-state index is 0.0586. The Morgan fingerprint density at radius 3 is 3.18 bits per heavy atom. The first-order valence-electron chi connectivity index (χ1n) is 6.48. The molecule has 1 aromatic heterocycles. The highest BCUT2D eigenvalue weighted by molar-refractivity contribution is 7.09. The number of rotatable bonds is 5. The minimum absolute atomic E-state index is 0.0586. The highest BCUT2D eigenvalue weighted by Gasteiger charge is 2.39. The second-order valence-electron chi connectivity index (χ2n) is 4.80. The Balaban J connectivity index is 2.17. The van der Waals surface area contributed by atoms with Crippen molar-refractivity contribution in [3.8, 4) is 0 Å². The van der Waals surface area contributed by atoms with Gasteiger partial charge in [-0.25, -0.2) is 4.98 Å². The lowest BCUT2D eigenvalue weighted by Crippen LogP contribution is -2.48. The maximum Gasteiger partial charge on any atom is 0.113 e. The van der Waals surface area contributed by atoms with Crippen LogP contribution in [0.25, 0.3) is 0 Å². The van der Waals surface area contributed by atoms with Crippen molar-refractivity contribution >= 4 is 11.3 Å². The van der Waals surface area contributed by atoms with Crippen molar-refractivity contribution in [3.63, 3.8) is 0 Å². The molecule has 2 atom stereocenters. The van der Waals surface area contributed by atoms with E-state index in [0.29, 0.717) is 6.10 Å². The molecule has 0 saturated heterocycles. The molecule has 1 aromatic rings. The molecule has 0 aliphatic heterocycles. The minimum Gasteiger partial charge on any atom is -0.381 e. The normalized spacial score (nSPS) is 29.4. The van der Waals surface area contributed by atoms with Gasteiger partial charge in [0.2, 0.25) is 0 Å². The van der Waals surface area contributed by atoms with Gasteiger partial charge in [-0.05, 0) is 38.6 Å². The van der Waals surface area contributed by atoms with Crippen molar-refractivity contribution in [2.24, 2.45) is 0 Å². The number of aromatic nitrogens is 1. The smallest absolute Gasteiger partial charge is 0.113 e. The van der Waals surface area contributed by atoms with Gasteiger partial charge in [-0.15, -0.1) is 11.3 Å². The molecule has 0 spiro atoms. The summed E-state index contributed by atoms with van der Waals surface area (Å²) in [5.74, 6) is 0. The number of nitrogens with zero attached hydrogens (tertiary/aromatic N) is 1. The Morgan fingerprint density at radius 2 is 2.53 bits per heavy atom. The van der Waals surface area contributed by atoms with Crippen molar-refractivity contribution in [2.45, 2.75) is 50.7 Å². The van der Waals surface area contributed by atoms with E-state index in [9.17, 15) is 0 Å². The Morgan fingerprint density at radius 1 is 1.65 bits per heavy atom. The molecule has 1 fully saturated rings. The summed E-state index contributed by atoms with van der Waals surface area (Å²) in [5, 5.41) is 7.02. The number of ether oxygens (including phenoxy) is 1. The summed E-state index contributed by atoms with van der Waals surface area (Å²) in [6, 6.07) is 0. The van der Waals surface area contributed by atoms with E-state index in [4.69, 9.17) is 4.74 Å². The fraction of sp³-hybridized carbons (Fsp3) is 0.769. The first kappa shape index (κ1) is 13.0. The molecule has 0 amide bonds. The molecule has 1 saturated carbocycles. The van der Waals surface area contributed by atoms with Gasteiger partial charge < -0.3 is 10.1 Å². The summed E-state index contributed by atoms with van der Waals surface area (Å²) in [5.41, 5.74) is 0.0586. The first-order valence-corrected chi connectivity index (χ1v) is 7.36. The summed E-state index contributed by atoms with van der Waals surface area (Å²) in [6.07, 6.45) is 8.07. The SMILES string of the molecule is CCCNC1(c2nccs2)CCCC(OC)C1. The van der Waals surface area contributed by atoms with Gasteiger partial charge in [-0.2, -0.15) is 0 Å². The summed E-state index contributed by atoms with van der Waals surface area (Å²) < 4.78 is 5.56. The van der Waals surface area contributed by atoms with E-state index in [2.05, 4.69) is 22.6 Å². The standard InChI is InChI=1S/C13H22N2OS/c1-3-7-15-13(12-14-8-9-17-12)6-4-5-11(10-13)16-2/h8-9,11,15H,3-7,10H2,1-2H3. The molecule has 0 bridgehead atoms. The molecule has 0 aromatic carbocycles. The van der Waals surface area contributed by atoms with Crippen molar-refractivity contribution in [1.82, 2.24) is 10.3 Å². The van der Waals surface area contributed by atoms with Gasteiger partial charge in [0.15, 0.2) is 0 Å². The van der Waals surface area contributed by atoms with E-state index in [1.807, 2.05) is 13.3 Å². The molecule has 1 N–H and O–H groups in total. The third-order valence-electron chi connectivity index (χ3n) is 3.59. The predicted octanol–water partition coefficient (Wildman–Crippen LogP) is 2.93. The van der Waals surface area contributed by atoms with Gasteiger partial charge in [0, 0.05) is 18.7 Å². The van der Waals surface area contributed by atoms with Crippen LogP contribution in [0.1, 0.15) is 44.0 Å². The largest absolute Gasteiger partial charge is 0.381 e. The highest BCUT2D eigenvalue weighted by atomic mass is 32.1. The van der Waals surface area contributed by atoms with Gasteiger partial charge in [0.05, 0.1) is 11.6 Å². The van der Waals surface area contributed by atoms with E-state index >= 15 is 0 Å². The van der Waals surface area contributed by atoms with Gasteiger partial charge in [-0.3, -0.25) is 0 Å². The maximum absolute atomic E-state index is 5.56. The molecule has 0 radical (unpaired) electrons. The third-order valence-corrected chi connectivity index (χ3v) is 4.57. The Kier molecular flexibility index (Phi) is 4.54. The second kappa shape index (κ2) is 5.94. The number of hydrogen-bond donors (Lipinski definition) is 1. The van der Waals surface area contributed by atoms with Crippen molar-refractivity contribution in [3.05, 3.63) is 16.6 Å². The van der Waals surface area contributed by atoms with Gasteiger partial charge in [0.25, 0.3) is 0 Å². The molecule has 96 valence electrons. The fourth-order valence-electron chi connectivity index (χ4n) is 2.68. The van der Waals surface area contributed by atoms with Gasteiger partial charge in [0.1, 0.15) is 5.01 Å². The van der Waals surface area contributed by atoms with Crippen LogP contribution in [0, 0.1) is 0 Å². The third kappa shape index (κ3) is 2.87. The monoisotopic (exact) mass is 254 g/mol. The van der Waals surface area contributed by atoms with E-state index < -0.39 is 0 Å². The number of methoxy groups -OCH3 is 1. The van der Waals surface area contributed by atoms with E-state index in [-0.39, 0.29) is 5.54 Å². The molecular formula is C13H22N2OS. The van der Waals surface area contributed by atoms with E-state index in [1.54, 1.807) is 11.3 Å². The summed E-state index contributed by atoms with van der Waals surface area (Å²) in [4.78, 5) is 4.53. The Labute approximate surface area is 108 Å². The molecule has 3 nitrogen and oxygen atoms in total. The topological polar surface area (TPSA) is 34.2 Å². The first-order chi connectivity index (χ1) is 8.30. The highest BCUT2D eigenvalue weighted by Crippen LogP contribution is 2.39. The zero-order valence-corrected chi connectivity index (χ0v) is 11.6. The molecular weight excluding hydrogens is 232 g/mol. The average molecular weight is 254 g/mol. The van der Waals surface area contributed by atoms with Crippen LogP contribution in [0.2, 0.25) is 0 Å². The summed E-state index contributed by atoms with van der Waals surface area (Å²) >= 11 is 1.76. The zero-order chi connectivity index (χ0) is 12.1. The number of nitrogens with one attached hydrogen (secondary N) is 1. The predicted molar refractivity (Wildman–Crippen MR) is 71.4 cm³/mol. The number of hydrogen-bond acceptors (Lipinski definition) is 4. The molecule has 1 heterocycles. The van der Waals surface area contributed by atoms with Crippen LogP contribution in [-0.2, 0) is 10.3 Å². The van der Waals surface area contributed by atoms with Gasteiger partial charge in [-0.1, -0.05) is 6.92 Å². The van der Waals surface area contributed by atoms with Crippen LogP contribution >= 0.6 is 11.3 Å². The second-order valence-corrected chi connectivity index (χ2v) is 5.69. The average Bonchev–Trinajstić information content (AvgIpc) is 2.91. The Bertz CT molecular complexity index is 328. The zero-order valence-electron chi connectivity index (χ0n) is 10.7. The summed E-state index contributed by atoms with van der Waals surface area (Å²) in [6.45, 7) is 3.26. The van der Waals surface area contributed by atoms with Crippen LogP contribution in [0.5, 0.6) is 0 Å². The van der Waals surface area contributed by atoms with Crippen LogP contribution in [0.3, 0.4) is 0 Å². The Hall–Kier alpha value is -0.450. The quantitative estimate of drug-likeness (QED) is 0.877. The molecule has 4 heteroatoms. The lowest BCUT2D eigenvalue weighted by molar-refractivity contribution is 0.0292. The van der Waals surface area contributed by atoms with Crippen LogP contribution < -0.4 is 5.32 Å². The van der Waals surface area contributed by atoms with Crippen molar-refractivity contribution < 1.29 is 4.74 Å². The molecule has 2 rings (SSSR count). The number of thiazole rings is 1. The lowest BCUT2D eigenvalue weighted by Gasteiger charge is -2.40. The maximum atomic E-state index is 5.56. The van der Waals surface area contributed by atoms with E-state index in [0.717, 1.165) is 19.4 Å². The molecule has 1 aliphatic rings. The fourth-order valence-corrected chi connectivity index (χ4v) is 3.54. The van der Waals surface area contributed by atoms with E-state index in [1.165, 1.54) is 24.3 Å². The van der Waals surface area contributed by atoms with Crippen molar-refractivity contribution in [1.29, 1.82) is 0 Å². The van der Waals surface area contributed by atoms with Crippen LogP contribution in [-0.4, -0.2) is 24.7 Å². The molecule has 2 unspecified atom stereocenters.